The van der Waals surface area contributed by atoms with Crippen LogP contribution in [0, 0.1) is 17.8 Å². The molecule has 0 unspecified atom stereocenters. The van der Waals surface area contributed by atoms with Crippen molar-refractivity contribution in [2.75, 3.05) is 35.6 Å². The Kier molecular flexibility index (Phi) is 6.65. The number of hydrogen-bond donors (Lipinski definition) is 2. The van der Waals surface area contributed by atoms with Crippen LogP contribution in [0.3, 0.4) is 0 Å². The van der Waals surface area contributed by atoms with E-state index in [-0.39, 0.29) is 5.95 Å². The molecule has 21 heavy (non-hydrogen) atoms. The van der Waals surface area contributed by atoms with Crippen molar-refractivity contribution >= 4 is 17.8 Å². The Morgan fingerprint density at radius 3 is 1.95 bits per heavy atom. The van der Waals surface area contributed by atoms with Gasteiger partial charge in [-0.15, -0.1) is 0 Å². The third kappa shape index (κ3) is 6.60. The maximum absolute atomic E-state index is 5.84. The van der Waals surface area contributed by atoms with Gasteiger partial charge in [0.15, 0.2) is 0 Å². The molecule has 0 radical (unpaired) electrons. The van der Waals surface area contributed by atoms with Gasteiger partial charge in [-0.3, -0.25) is 0 Å². The number of anilines is 3. The summed E-state index contributed by atoms with van der Waals surface area (Å²) < 4.78 is 0. The molecule has 0 bridgehead atoms. The van der Waals surface area contributed by atoms with Gasteiger partial charge in [-0.05, 0) is 17.8 Å². The lowest BCUT2D eigenvalue weighted by Crippen LogP contribution is -2.33. The van der Waals surface area contributed by atoms with Gasteiger partial charge in [0.05, 0.1) is 0 Å². The van der Waals surface area contributed by atoms with Crippen LogP contribution >= 0.6 is 0 Å². The molecule has 0 spiro atoms. The van der Waals surface area contributed by atoms with Crippen molar-refractivity contribution in [1.29, 1.82) is 0 Å². The van der Waals surface area contributed by atoms with Crippen LogP contribution in [0.15, 0.2) is 0 Å². The molecule has 0 aromatic carbocycles. The molecule has 3 N–H and O–H groups in total. The highest BCUT2D eigenvalue weighted by molar-refractivity contribution is 5.42. The van der Waals surface area contributed by atoms with Gasteiger partial charge in [0, 0.05) is 19.6 Å². The molecule has 0 aliphatic carbocycles. The van der Waals surface area contributed by atoms with Gasteiger partial charge in [0.25, 0.3) is 0 Å². The molecule has 1 aromatic heterocycles. The summed E-state index contributed by atoms with van der Waals surface area (Å²) in [4.78, 5) is 15.2. The predicted molar refractivity (Wildman–Crippen MR) is 89.5 cm³/mol. The molecule has 0 aliphatic rings. The van der Waals surface area contributed by atoms with E-state index in [2.05, 4.69) is 66.7 Å². The van der Waals surface area contributed by atoms with Crippen molar-refractivity contribution in [2.24, 2.45) is 17.8 Å². The van der Waals surface area contributed by atoms with E-state index in [0.29, 0.717) is 29.7 Å². The summed E-state index contributed by atoms with van der Waals surface area (Å²) >= 11 is 0. The lowest BCUT2D eigenvalue weighted by Gasteiger charge is -2.26. The molecule has 6 heteroatoms. The minimum Gasteiger partial charge on any atom is -0.368 e. The van der Waals surface area contributed by atoms with E-state index in [0.717, 1.165) is 19.6 Å². The van der Waals surface area contributed by atoms with Crippen molar-refractivity contribution in [3.8, 4) is 0 Å². The fraction of sp³-hybridized carbons (Fsp3) is 0.800. The number of nitrogens with one attached hydrogen (secondary N) is 1. The number of nitrogens with two attached hydrogens (primary N) is 1. The van der Waals surface area contributed by atoms with Gasteiger partial charge in [-0.25, -0.2) is 0 Å². The second-order valence-corrected chi connectivity index (χ2v) is 6.78. The number of hydrogen-bond acceptors (Lipinski definition) is 6. The van der Waals surface area contributed by atoms with Crippen LogP contribution in [-0.2, 0) is 0 Å². The van der Waals surface area contributed by atoms with E-state index in [9.17, 15) is 0 Å². The van der Waals surface area contributed by atoms with Gasteiger partial charge in [0.1, 0.15) is 0 Å². The maximum atomic E-state index is 5.84. The largest absolute Gasteiger partial charge is 0.368 e. The monoisotopic (exact) mass is 294 g/mol. The molecule has 0 atom stereocenters. The van der Waals surface area contributed by atoms with Crippen LogP contribution in [0.25, 0.3) is 0 Å². The summed E-state index contributed by atoms with van der Waals surface area (Å²) in [5, 5.41) is 3.22. The van der Waals surface area contributed by atoms with E-state index in [1.165, 1.54) is 0 Å². The molecule has 0 saturated carbocycles. The minimum absolute atomic E-state index is 0.267. The Bertz CT molecular complexity index is 420. The second-order valence-electron chi connectivity index (χ2n) is 6.78. The normalized spacial score (nSPS) is 11.5. The summed E-state index contributed by atoms with van der Waals surface area (Å²) in [6.07, 6.45) is 0. The molecule has 1 aromatic rings. The van der Waals surface area contributed by atoms with Crippen LogP contribution in [-0.4, -0.2) is 34.6 Å². The molecule has 0 amide bonds. The highest BCUT2D eigenvalue weighted by atomic mass is 15.3. The zero-order valence-electron chi connectivity index (χ0n) is 14.2. The zero-order valence-corrected chi connectivity index (χ0v) is 14.2. The molecular weight excluding hydrogens is 264 g/mol. The Morgan fingerprint density at radius 2 is 1.48 bits per heavy atom. The highest BCUT2D eigenvalue weighted by Crippen LogP contribution is 2.16. The zero-order chi connectivity index (χ0) is 16.0. The Labute approximate surface area is 128 Å². The molecule has 0 aliphatic heterocycles. The summed E-state index contributed by atoms with van der Waals surface area (Å²) in [5.41, 5.74) is 5.84. The quantitative estimate of drug-likeness (QED) is 0.767. The molecule has 0 saturated heterocycles. The fourth-order valence-electron chi connectivity index (χ4n) is 2.02. The predicted octanol–water partition coefficient (Wildman–Crippen LogP) is 2.64. The van der Waals surface area contributed by atoms with E-state index in [4.69, 9.17) is 5.73 Å². The molecule has 120 valence electrons. The van der Waals surface area contributed by atoms with Crippen LogP contribution in [0.4, 0.5) is 17.8 Å². The molecule has 1 rings (SSSR count). The van der Waals surface area contributed by atoms with Gasteiger partial charge >= 0.3 is 0 Å². The Morgan fingerprint density at radius 1 is 0.905 bits per heavy atom. The van der Waals surface area contributed by atoms with E-state index >= 15 is 0 Å². The number of nitrogens with zero attached hydrogens (tertiary/aromatic N) is 4. The fourth-order valence-corrected chi connectivity index (χ4v) is 2.02. The summed E-state index contributed by atoms with van der Waals surface area (Å²) in [5.74, 6) is 3.08. The first-order chi connectivity index (χ1) is 9.77. The average Bonchev–Trinajstić information content (AvgIpc) is 2.33. The minimum atomic E-state index is 0.267. The standard InChI is InChI=1S/C15H30N6/c1-10(2)7-17-14-18-13(16)19-15(20-14)21(8-11(3)4)9-12(5)6/h10-12H,7-9H2,1-6H3,(H3,16,17,18,19,20). The summed E-state index contributed by atoms with van der Waals surface area (Å²) in [6, 6.07) is 0. The Balaban J connectivity index is 2.95. The van der Waals surface area contributed by atoms with Crippen LogP contribution in [0.2, 0.25) is 0 Å². The number of nitrogen functional groups attached to an aromatic ring is 1. The van der Waals surface area contributed by atoms with Gasteiger partial charge < -0.3 is 16.0 Å². The average molecular weight is 294 g/mol. The van der Waals surface area contributed by atoms with Crippen molar-refractivity contribution in [2.45, 2.75) is 41.5 Å². The van der Waals surface area contributed by atoms with Gasteiger partial charge in [-0.2, -0.15) is 15.0 Å². The third-order valence-electron chi connectivity index (χ3n) is 2.76. The molecular formula is C15H30N6. The van der Waals surface area contributed by atoms with Crippen molar-refractivity contribution in [3.05, 3.63) is 0 Å². The van der Waals surface area contributed by atoms with Crippen LogP contribution < -0.4 is 16.0 Å². The smallest absolute Gasteiger partial charge is 0.231 e. The van der Waals surface area contributed by atoms with Crippen molar-refractivity contribution in [1.82, 2.24) is 15.0 Å². The number of aromatic nitrogens is 3. The first-order valence-corrected chi connectivity index (χ1v) is 7.78. The van der Waals surface area contributed by atoms with Crippen molar-refractivity contribution < 1.29 is 0 Å². The molecule has 1 heterocycles. The molecule has 6 nitrogen and oxygen atoms in total. The summed E-state index contributed by atoms with van der Waals surface area (Å²) in [7, 11) is 0. The van der Waals surface area contributed by atoms with Crippen LogP contribution in [0.1, 0.15) is 41.5 Å². The highest BCUT2D eigenvalue weighted by Gasteiger charge is 2.15. The second kappa shape index (κ2) is 8.00. The first kappa shape index (κ1) is 17.5. The lowest BCUT2D eigenvalue weighted by atomic mass is 10.1. The molecule has 0 fully saturated rings. The van der Waals surface area contributed by atoms with E-state index in [1.54, 1.807) is 0 Å². The Hall–Kier alpha value is -1.59. The van der Waals surface area contributed by atoms with E-state index < -0.39 is 0 Å². The first-order valence-electron chi connectivity index (χ1n) is 7.78. The van der Waals surface area contributed by atoms with Crippen LogP contribution in [0.5, 0.6) is 0 Å². The maximum Gasteiger partial charge on any atom is 0.231 e. The SMILES string of the molecule is CC(C)CNc1nc(N)nc(N(CC(C)C)CC(C)C)n1. The third-order valence-corrected chi connectivity index (χ3v) is 2.76. The van der Waals surface area contributed by atoms with Crippen molar-refractivity contribution in [3.63, 3.8) is 0 Å². The van der Waals surface area contributed by atoms with Gasteiger partial charge in [-0.1, -0.05) is 41.5 Å². The number of rotatable bonds is 8. The van der Waals surface area contributed by atoms with E-state index in [1.807, 2.05) is 0 Å². The lowest BCUT2D eigenvalue weighted by molar-refractivity contribution is 0.543. The van der Waals surface area contributed by atoms with Gasteiger partial charge in [0.2, 0.25) is 17.8 Å². The summed E-state index contributed by atoms with van der Waals surface area (Å²) in [6.45, 7) is 15.7. The topological polar surface area (TPSA) is 80.0 Å².